The van der Waals surface area contributed by atoms with Gasteiger partial charge in [-0.2, -0.15) is 0 Å². The van der Waals surface area contributed by atoms with Crippen molar-refractivity contribution in [1.82, 2.24) is 19.8 Å². The number of carbonyl (C=O) groups excluding carboxylic acids is 3. The van der Waals surface area contributed by atoms with E-state index in [1.807, 2.05) is 39.8 Å². The average Bonchev–Trinajstić information content (AvgIpc) is 3.53. The molecule has 3 amide bonds. The molecule has 1 heterocycles. The second kappa shape index (κ2) is 24.2. The Labute approximate surface area is 270 Å². The zero-order valence-electron chi connectivity index (χ0n) is 28.8. The van der Waals surface area contributed by atoms with Gasteiger partial charge in [-0.05, 0) is 43.0 Å². The van der Waals surface area contributed by atoms with Crippen LogP contribution in [0, 0.1) is 0 Å². The first kappa shape index (κ1) is 40.8. The van der Waals surface area contributed by atoms with Crippen molar-refractivity contribution >= 4 is 23.5 Å². The third kappa shape index (κ3) is 15.4. The summed E-state index contributed by atoms with van der Waals surface area (Å²) in [5.41, 5.74) is 7.67. The second-order valence-electron chi connectivity index (χ2n) is 9.79. The fourth-order valence-electron chi connectivity index (χ4n) is 3.93. The number of unbranched alkanes of at least 4 members (excludes halogenated alkanes) is 1. The molecule has 4 N–H and O–H groups in total. The number of hydrogen-bond donors (Lipinski definition) is 3. The number of ether oxygens (including phenoxy) is 1. The first-order valence-corrected chi connectivity index (χ1v) is 16.0. The lowest BCUT2D eigenvalue weighted by Crippen LogP contribution is -2.41. The summed E-state index contributed by atoms with van der Waals surface area (Å²) in [6, 6.07) is 16.5. The van der Waals surface area contributed by atoms with E-state index in [0.717, 1.165) is 18.4 Å². The minimum absolute atomic E-state index is 0.0944. The molecule has 3 aromatic rings. The third-order valence-corrected chi connectivity index (χ3v) is 6.27. The molecule has 2 atom stereocenters. The normalized spacial score (nSPS) is 11.1. The maximum atomic E-state index is 13.3. The Balaban J connectivity index is 0.00000125. The van der Waals surface area contributed by atoms with Crippen LogP contribution in [0.3, 0.4) is 0 Å². The van der Waals surface area contributed by atoms with Crippen molar-refractivity contribution in [2.24, 2.45) is 5.73 Å². The molecule has 0 spiro atoms. The first-order valence-electron chi connectivity index (χ1n) is 16.0. The van der Waals surface area contributed by atoms with Gasteiger partial charge in [0.15, 0.2) is 5.82 Å². The van der Waals surface area contributed by atoms with Gasteiger partial charge in [-0.1, -0.05) is 96.8 Å². The Morgan fingerprint density at radius 2 is 1.60 bits per heavy atom. The molecule has 0 fully saturated rings. The van der Waals surface area contributed by atoms with Crippen LogP contribution in [0.5, 0.6) is 5.75 Å². The summed E-state index contributed by atoms with van der Waals surface area (Å²) in [6.07, 6.45) is 7.41. The molecule has 10 heteroatoms. The third-order valence-electron chi connectivity index (χ3n) is 6.27. The van der Waals surface area contributed by atoms with E-state index in [4.69, 9.17) is 10.5 Å². The first-order chi connectivity index (χ1) is 21.7. The van der Waals surface area contributed by atoms with E-state index < -0.39 is 23.9 Å². The molecule has 0 aliphatic rings. The van der Waals surface area contributed by atoms with Crippen molar-refractivity contribution in [3.63, 3.8) is 0 Å². The van der Waals surface area contributed by atoms with Gasteiger partial charge in [0.2, 0.25) is 17.7 Å². The van der Waals surface area contributed by atoms with Crippen molar-refractivity contribution in [3.8, 4) is 5.75 Å². The van der Waals surface area contributed by atoms with Gasteiger partial charge in [-0.15, -0.1) is 0 Å². The number of methoxy groups -OCH3 is 1. The van der Waals surface area contributed by atoms with Crippen molar-refractivity contribution in [1.29, 1.82) is 0 Å². The molecule has 10 nitrogen and oxygen atoms in total. The van der Waals surface area contributed by atoms with Gasteiger partial charge >= 0.3 is 0 Å². The van der Waals surface area contributed by atoms with Gasteiger partial charge in [-0.25, -0.2) is 4.98 Å². The van der Waals surface area contributed by atoms with Crippen LogP contribution >= 0.6 is 0 Å². The van der Waals surface area contributed by atoms with Gasteiger partial charge in [0.05, 0.1) is 26.0 Å². The highest BCUT2D eigenvalue weighted by Crippen LogP contribution is 2.24. The molecule has 45 heavy (non-hydrogen) atoms. The summed E-state index contributed by atoms with van der Waals surface area (Å²) < 4.78 is 6.87. The summed E-state index contributed by atoms with van der Waals surface area (Å²) >= 11 is 0. The lowest BCUT2D eigenvalue weighted by molar-refractivity contribution is -0.132. The highest BCUT2D eigenvalue weighted by Gasteiger charge is 2.26. The zero-order valence-corrected chi connectivity index (χ0v) is 28.8. The Hall–Kier alpha value is -4.18. The molecule has 0 aliphatic carbocycles. The van der Waals surface area contributed by atoms with E-state index in [0.29, 0.717) is 12.3 Å². The van der Waals surface area contributed by atoms with Crippen molar-refractivity contribution in [3.05, 3.63) is 78.2 Å². The number of likely N-dealkylation sites (N-methyl/N-ethyl adjacent to an activating group) is 1. The van der Waals surface area contributed by atoms with Gasteiger partial charge in [-0.3, -0.25) is 14.4 Å². The fraction of sp³-hybridized carbons (Fsp3) is 0.486. The second-order valence-corrected chi connectivity index (χ2v) is 9.79. The number of benzene rings is 2. The molecule has 2 aromatic carbocycles. The largest absolute Gasteiger partial charge is 0.497 e. The lowest BCUT2D eigenvalue weighted by atomic mass is 10.0. The molecule has 250 valence electrons. The van der Waals surface area contributed by atoms with E-state index in [1.165, 1.54) is 31.7 Å². The Kier molecular flexibility index (Phi) is 21.9. The average molecular weight is 625 g/mol. The van der Waals surface area contributed by atoms with Crippen molar-refractivity contribution in [2.75, 3.05) is 32.6 Å². The number of aromatic nitrogens is 2. The molecular weight excluding hydrogens is 568 g/mol. The SMILES string of the molecule is CC.CC.CCCCN(C)C(=O)C(c1ccc(OC)cc1)n1cnc(NC(=O)CNC(=O)C(C)N)c1.CCCc1ccccc1. The molecule has 0 saturated carbocycles. The Bertz CT molecular complexity index is 1210. The molecule has 1 aromatic heterocycles. The lowest BCUT2D eigenvalue weighted by Gasteiger charge is -2.25. The zero-order chi connectivity index (χ0) is 34.2. The van der Waals surface area contributed by atoms with Crippen molar-refractivity contribution in [2.45, 2.75) is 86.2 Å². The number of carbonyl (C=O) groups is 3. The molecule has 0 saturated heterocycles. The summed E-state index contributed by atoms with van der Waals surface area (Å²) in [4.78, 5) is 42.8. The fourth-order valence-corrected chi connectivity index (χ4v) is 3.93. The topological polar surface area (TPSA) is 132 Å². The minimum atomic E-state index is -0.706. The minimum Gasteiger partial charge on any atom is -0.497 e. The van der Waals surface area contributed by atoms with Gasteiger partial charge < -0.3 is 30.6 Å². The smallest absolute Gasteiger partial charge is 0.250 e. The van der Waals surface area contributed by atoms with Crippen LogP contribution in [-0.2, 0) is 20.8 Å². The number of hydrogen-bond acceptors (Lipinski definition) is 6. The maximum absolute atomic E-state index is 13.3. The van der Waals surface area contributed by atoms with Crippen LogP contribution in [0.1, 0.15) is 84.9 Å². The van der Waals surface area contributed by atoms with Crippen LogP contribution in [0.2, 0.25) is 0 Å². The summed E-state index contributed by atoms with van der Waals surface area (Å²) in [6.45, 7) is 14.2. The molecule has 0 aliphatic heterocycles. The van der Waals surface area contributed by atoms with Crippen molar-refractivity contribution < 1.29 is 19.1 Å². The number of nitrogens with zero attached hydrogens (tertiary/aromatic N) is 3. The van der Waals surface area contributed by atoms with Gasteiger partial charge in [0, 0.05) is 19.8 Å². The Morgan fingerprint density at radius 3 is 2.13 bits per heavy atom. The standard InChI is InChI=1S/C22H32N6O4.C9H12.2C2H6/c1-5-6-11-27(3)22(31)20(16-7-9-17(32-4)10-8-16)28-13-18(25-14-28)26-19(29)12-24-21(30)15(2)23;1-2-6-9-7-4-3-5-8-9;2*1-2/h7-10,13-15,20H,5-6,11-12,23H2,1-4H3,(H,24,30)(H,26,29);3-5,7-8H,2,6H2,1H3;2*1-2H3. The Morgan fingerprint density at radius 1 is 0.978 bits per heavy atom. The van der Waals surface area contributed by atoms with Gasteiger partial charge in [0.25, 0.3) is 0 Å². The maximum Gasteiger partial charge on any atom is 0.250 e. The highest BCUT2D eigenvalue weighted by molar-refractivity contribution is 5.94. The van der Waals surface area contributed by atoms with E-state index >= 15 is 0 Å². The number of anilines is 1. The molecule has 0 radical (unpaired) electrons. The number of amides is 3. The predicted octanol–water partition coefficient (Wildman–Crippen LogP) is 5.83. The van der Waals surface area contributed by atoms with Crippen LogP contribution in [0.15, 0.2) is 67.1 Å². The molecule has 2 unspecified atom stereocenters. The van der Waals surface area contributed by atoms with E-state index in [-0.39, 0.29) is 18.3 Å². The molecule has 3 rings (SSSR count). The van der Waals surface area contributed by atoms with E-state index in [1.54, 1.807) is 42.0 Å². The van der Waals surface area contributed by atoms with Crippen LogP contribution in [-0.4, -0.2) is 65.5 Å². The number of nitrogens with two attached hydrogens (primary N) is 1. The number of aryl methyl sites for hydroxylation is 1. The van der Waals surface area contributed by atoms with E-state index in [9.17, 15) is 14.4 Å². The predicted molar refractivity (Wildman–Crippen MR) is 184 cm³/mol. The molecule has 0 bridgehead atoms. The number of nitrogens with one attached hydrogen (secondary N) is 2. The number of rotatable bonds is 13. The summed E-state index contributed by atoms with van der Waals surface area (Å²) in [5, 5.41) is 5.05. The molecular formula is C35H56N6O4. The monoisotopic (exact) mass is 624 g/mol. The van der Waals surface area contributed by atoms with Crippen LogP contribution in [0.4, 0.5) is 5.82 Å². The summed E-state index contributed by atoms with van der Waals surface area (Å²) in [7, 11) is 3.35. The van der Waals surface area contributed by atoms with Gasteiger partial charge in [0.1, 0.15) is 11.8 Å². The number of imidazole rings is 1. The van der Waals surface area contributed by atoms with Crippen LogP contribution in [0.25, 0.3) is 0 Å². The van der Waals surface area contributed by atoms with E-state index in [2.05, 4.69) is 59.8 Å². The van der Waals surface area contributed by atoms with Crippen LogP contribution < -0.4 is 21.1 Å². The highest BCUT2D eigenvalue weighted by atomic mass is 16.5. The summed E-state index contributed by atoms with van der Waals surface area (Å²) in [5.74, 6) is -0.00928. The quantitative estimate of drug-likeness (QED) is 0.219.